The van der Waals surface area contributed by atoms with Crippen LogP contribution in [0.1, 0.15) is 18.1 Å². The predicted octanol–water partition coefficient (Wildman–Crippen LogP) is 6.00. The summed E-state index contributed by atoms with van der Waals surface area (Å²) in [6, 6.07) is 19.5. The highest BCUT2D eigenvalue weighted by Crippen LogP contribution is 2.35. The van der Waals surface area contributed by atoms with E-state index >= 15 is 0 Å². The van der Waals surface area contributed by atoms with Crippen molar-refractivity contribution in [3.8, 4) is 17.2 Å². The molecule has 1 aliphatic heterocycles. The van der Waals surface area contributed by atoms with Gasteiger partial charge in [0, 0.05) is 10.6 Å². The number of nitrogens with zero attached hydrogens (tertiary/aromatic N) is 1. The van der Waals surface area contributed by atoms with Gasteiger partial charge in [0.25, 0.3) is 11.1 Å². The van der Waals surface area contributed by atoms with Crippen LogP contribution in [-0.4, -0.2) is 42.2 Å². The molecule has 0 spiro atoms. The summed E-state index contributed by atoms with van der Waals surface area (Å²) in [7, 11) is 1.49. The lowest BCUT2D eigenvalue weighted by atomic mass is 10.1. The molecule has 0 bridgehead atoms. The Kier molecular flexibility index (Phi) is 8.93. The highest BCUT2D eigenvalue weighted by Gasteiger charge is 2.36. The summed E-state index contributed by atoms with van der Waals surface area (Å²) in [4.78, 5) is 39.1. The van der Waals surface area contributed by atoms with Gasteiger partial charge in [-0.3, -0.25) is 19.3 Å². The second kappa shape index (κ2) is 12.5. The van der Waals surface area contributed by atoms with Crippen LogP contribution in [0.2, 0.25) is 5.02 Å². The molecule has 3 aromatic carbocycles. The number of carbonyl (C=O) groups is 3. The summed E-state index contributed by atoms with van der Waals surface area (Å²) in [6.45, 7) is 2.10. The third-order valence-electron chi connectivity index (χ3n) is 5.46. The maximum atomic E-state index is 12.9. The van der Waals surface area contributed by atoms with Crippen LogP contribution in [0.3, 0.4) is 0 Å². The van der Waals surface area contributed by atoms with Crippen molar-refractivity contribution in [2.45, 2.75) is 13.5 Å². The number of carbonyl (C=O) groups excluding carboxylic acids is 3. The summed E-state index contributed by atoms with van der Waals surface area (Å²) < 4.78 is 16.9. The lowest BCUT2D eigenvalue weighted by molar-refractivity contribution is -0.127. The molecule has 0 unspecified atom stereocenters. The highest BCUT2D eigenvalue weighted by molar-refractivity contribution is 8.18. The van der Waals surface area contributed by atoms with Crippen LogP contribution in [0.15, 0.2) is 71.6 Å². The van der Waals surface area contributed by atoms with Gasteiger partial charge in [0.15, 0.2) is 11.5 Å². The largest absolute Gasteiger partial charge is 0.495 e. The molecule has 196 valence electrons. The third kappa shape index (κ3) is 6.48. The van der Waals surface area contributed by atoms with Gasteiger partial charge in [0.1, 0.15) is 18.9 Å². The van der Waals surface area contributed by atoms with Gasteiger partial charge in [-0.25, -0.2) is 0 Å². The molecule has 8 nitrogen and oxygen atoms in total. The average Bonchev–Trinajstić information content (AvgIpc) is 3.16. The van der Waals surface area contributed by atoms with E-state index in [1.807, 2.05) is 25.1 Å². The van der Waals surface area contributed by atoms with Crippen molar-refractivity contribution >= 4 is 52.2 Å². The summed E-state index contributed by atoms with van der Waals surface area (Å²) >= 11 is 6.99. The van der Waals surface area contributed by atoms with Gasteiger partial charge >= 0.3 is 0 Å². The first-order chi connectivity index (χ1) is 18.4. The van der Waals surface area contributed by atoms with Crippen LogP contribution in [-0.2, 0) is 16.2 Å². The number of halogens is 1. The third-order valence-corrected chi connectivity index (χ3v) is 6.74. The molecule has 0 aliphatic carbocycles. The van der Waals surface area contributed by atoms with Crippen molar-refractivity contribution in [1.82, 2.24) is 4.90 Å². The molecular weight excluding hydrogens is 528 g/mol. The van der Waals surface area contributed by atoms with Gasteiger partial charge in [-0.05, 0) is 60.7 Å². The second-order valence-corrected chi connectivity index (χ2v) is 9.44. The van der Waals surface area contributed by atoms with E-state index in [4.69, 9.17) is 25.8 Å². The van der Waals surface area contributed by atoms with Crippen molar-refractivity contribution in [3.05, 3.63) is 87.8 Å². The summed E-state index contributed by atoms with van der Waals surface area (Å²) in [5.41, 5.74) is 1.93. The van der Waals surface area contributed by atoms with E-state index in [9.17, 15) is 14.4 Å². The quantitative estimate of drug-likeness (QED) is 0.308. The Morgan fingerprint density at radius 2 is 1.76 bits per heavy atom. The van der Waals surface area contributed by atoms with Gasteiger partial charge in [-0.2, -0.15) is 0 Å². The van der Waals surface area contributed by atoms with E-state index in [1.54, 1.807) is 54.6 Å². The first kappa shape index (κ1) is 27.1. The van der Waals surface area contributed by atoms with E-state index in [2.05, 4.69) is 5.32 Å². The smallest absolute Gasteiger partial charge is 0.294 e. The Balaban J connectivity index is 1.46. The van der Waals surface area contributed by atoms with E-state index in [-0.39, 0.29) is 11.5 Å². The first-order valence-corrected chi connectivity index (χ1v) is 12.9. The molecule has 1 heterocycles. The molecule has 1 N–H and O–H groups in total. The predicted molar refractivity (Wildman–Crippen MR) is 148 cm³/mol. The normalized spacial score (nSPS) is 14.1. The van der Waals surface area contributed by atoms with Gasteiger partial charge in [0.2, 0.25) is 5.91 Å². The Morgan fingerprint density at radius 1 is 1.00 bits per heavy atom. The van der Waals surface area contributed by atoms with Crippen LogP contribution in [0.25, 0.3) is 6.08 Å². The Labute approximate surface area is 229 Å². The Morgan fingerprint density at radius 3 is 2.53 bits per heavy atom. The minimum Gasteiger partial charge on any atom is -0.495 e. The van der Waals surface area contributed by atoms with Crippen molar-refractivity contribution in [2.75, 3.05) is 25.6 Å². The molecule has 10 heteroatoms. The number of anilines is 1. The number of nitrogens with one attached hydrogen (secondary N) is 1. The van der Waals surface area contributed by atoms with E-state index < -0.39 is 23.6 Å². The molecule has 0 atom stereocenters. The van der Waals surface area contributed by atoms with E-state index in [1.165, 1.54) is 7.11 Å². The van der Waals surface area contributed by atoms with Gasteiger partial charge in [-0.1, -0.05) is 48.0 Å². The maximum Gasteiger partial charge on any atom is 0.294 e. The number of methoxy groups -OCH3 is 1. The molecule has 1 fully saturated rings. The number of hydrogen-bond donors (Lipinski definition) is 1. The van der Waals surface area contributed by atoms with Crippen LogP contribution < -0.4 is 19.5 Å². The zero-order chi connectivity index (χ0) is 27.1. The fourth-order valence-corrected chi connectivity index (χ4v) is 4.67. The number of rotatable bonds is 10. The molecule has 38 heavy (non-hydrogen) atoms. The topological polar surface area (TPSA) is 94.2 Å². The van der Waals surface area contributed by atoms with Gasteiger partial charge in [0.05, 0.1) is 24.3 Å². The molecule has 1 aliphatic rings. The number of hydrogen-bond acceptors (Lipinski definition) is 7. The van der Waals surface area contributed by atoms with E-state index in [0.717, 1.165) is 22.2 Å². The Hall–Kier alpha value is -3.95. The van der Waals surface area contributed by atoms with Crippen LogP contribution in [0.4, 0.5) is 10.5 Å². The lowest BCUT2D eigenvalue weighted by Gasteiger charge is -2.14. The van der Waals surface area contributed by atoms with Crippen LogP contribution in [0.5, 0.6) is 17.2 Å². The minimum atomic E-state index is -0.549. The fourth-order valence-electron chi connectivity index (χ4n) is 3.64. The second-order valence-electron chi connectivity index (χ2n) is 8.04. The molecule has 3 amide bonds. The molecule has 3 aromatic rings. The highest BCUT2D eigenvalue weighted by atomic mass is 35.5. The standard InChI is InChI=1S/C28H25ClN2O6S/c1-3-36-24-14-18(12-13-23(24)37-17-19-8-4-5-9-20(19)29)15-25-27(33)31(28(34)38-25)16-26(32)30-21-10-6-7-11-22(21)35-2/h4-15H,3,16-17H2,1-2H3,(H,30,32)/b25-15+. The van der Waals surface area contributed by atoms with Crippen molar-refractivity contribution in [3.63, 3.8) is 0 Å². The van der Waals surface area contributed by atoms with Crippen molar-refractivity contribution in [1.29, 1.82) is 0 Å². The average molecular weight is 553 g/mol. The Bertz CT molecular complexity index is 1390. The first-order valence-electron chi connectivity index (χ1n) is 11.7. The SMILES string of the molecule is CCOc1cc(/C=C2/SC(=O)N(CC(=O)Nc3ccccc3OC)C2=O)ccc1OCc1ccccc1Cl. The molecule has 4 rings (SSSR count). The molecular formula is C28H25ClN2O6S. The monoisotopic (exact) mass is 552 g/mol. The van der Waals surface area contributed by atoms with Gasteiger partial charge in [-0.15, -0.1) is 0 Å². The molecule has 0 aromatic heterocycles. The van der Waals surface area contributed by atoms with Crippen LogP contribution in [0, 0.1) is 0 Å². The minimum absolute atomic E-state index is 0.201. The summed E-state index contributed by atoms with van der Waals surface area (Å²) in [6.07, 6.45) is 1.59. The van der Waals surface area contributed by atoms with E-state index in [0.29, 0.717) is 40.1 Å². The molecule has 1 saturated heterocycles. The van der Waals surface area contributed by atoms with Gasteiger partial charge < -0.3 is 19.5 Å². The summed E-state index contributed by atoms with van der Waals surface area (Å²) in [5, 5.41) is 2.75. The maximum absolute atomic E-state index is 12.9. The number of amides is 3. The van der Waals surface area contributed by atoms with Crippen molar-refractivity contribution < 1.29 is 28.6 Å². The molecule has 0 saturated carbocycles. The number of thioether (sulfide) groups is 1. The zero-order valence-electron chi connectivity index (χ0n) is 20.7. The number of benzene rings is 3. The molecule has 0 radical (unpaired) electrons. The van der Waals surface area contributed by atoms with Crippen LogP contribution >= 0.6 is 23.4 Å². The number of imide groups is 1. The lowest BCUT2D eigenvalue weighted by Crippen LogP contribution is -2.36. The zero-order valence-corrected chi connectivity index (χ0v) is 22.3. The summed E-state index contributed by atoms with van der Waals surface area (Å²) in [5.74, 6) is 0.414. The number of ether oxygens (including phenoxy) is 3. The van der Waals surface area contributed by atoms with Crippen molar-refractivity contribution in [2.24, 2.45) is 0 Å². The fraction of sp³-hybridized carbons (Fsp3) is 0.179. The number of para-hydroxylation sites is 2.